The Hall–Kier alpha value is -1.35. The van der Waals surface area contributed by atoms with Gasteiger partial charge >= 0.3 is 0 Å². The molecule has 0 heterocycles. The summed E-state index contributed by atoms with van der Waals surface area (Å²) in [6, 6.07) is 7.37. The average molecular weight is 264 g/mol. The fourth-order valence-electron chi connectivity index (χ4n) is 1.93. The smallest absolute Gasteiger partial charge is 0.153 e. The molecular formula is C16H26NO2+. The van der Waals surface area contributed by atoms with Crippen molar-refractivity contribution in [3.8, 4) is 5.75 Å². The molecule has 0 aliphatic rings. The molecule has 0 unspecified atom stereocenters. The van der Waals surface area contributed by atoms with Crippen LogP contribution in [-0.2, 0) is 0 Å². The molecule has 0 aromatic heterocycles. The van der Waals surface area contributed by atoms with Crippen molar-refractivity contribution in [2.24, 2.45) is 0 Å². The van der Waals surface area contributed by atoms with Crippen LogP contribution in [0.5, 0.6) is 5.75 Å². The van der Waals surface area contributed by atoms with E-state index in [-0.39, 0.29) is 0 Å². The number of aldehydes is 1. The number of benzene rings is 1. The van der Waals surface area contributed by atoms with Crippen molar-refractivity contribution in [3.63, 3.8) is 0 Å². The largest absolute Gasteiger partial charge is 0.493 e. The van der Waals surface area contributed by atoms with Gasteiger partial charge in [0.15, 0.2) is 6.29 Å². The molecule has 1 aromatic rings. The molecule has 0 atom stereocenters. The summed E-state index contributed by atoms with van der Waals surface area (Å²) in [4.78, 5) is 10.8. The van der Waals surface area contributed by atoms with Gasteiger partial charge in [-0.1, -0.05) is 12.1 Å². The van der Waals surface area contributed by atoms with E-state index in [1.165, 1.54) is 25.8 Å². The van der Waals surface area contributed by atoms with E-state index in [1.54, 1.807) is 6.07 Å². The van der Waals surface area contributed by atoms with Crippen LogP contribution < -0.4 is 4.74 Å². The molecule has 3 heteroatoms. The molecule has 0 spiro atoms. The van der Waals surface area contributed by atoms with Crippen LogP contribution in [0.2, 0.25) is 0 Å². The maximum atomic E-state index is 10.8. The number of rotatable bonds is 9. The average Bonchev–Trinajstić information content (AvgIpc) is 2.37. The zero-order valence-corrected chi connectivity index (χ0v) is 12.4. The van der Waals surface area contributed by atoms with Crippen molar-refractivity contribution >= 4 is 6.29 Å². The van der Waals surface area contributed by atoms with E-state index in [0.29, 0.717) is 17.9 Å². The van der Waals surface area contributed by atoms with Crippen LogP contribution in [-0.4, -0.2) is 45.1 Å². The van der Waals surface area contributed by atoms with Gasteiger partial charge in [-0.15, -0.1) is 0 Å². The monoisotopic (exact) mass is 264 g/mol. The standard InChI is InChI=1S/C16H26NO2/c1-17(2,3)12-8-4-5-9-13-19-16-11-7-6-10-15(16)14-18/h6-7,10-11,14H,4-5,8-9,12-13H2,1-3H3/q+1. The maximum absolute atomic E-state index is 10.8. The highest BCUT2D eigenvalue weighted by Gasteiger charge is 2.05. The number of hydrogen-bond acceptors (Lipinski definition) is 2. The predicted molar refractivity (Wildman–Crippen MR) is 78.7 cm³/mol. The second-order valence-corrected chi connectivity index (χ2v) is 5.93. The van der Waals surface area contributed by atoms with Gasteiger partial charge in [-0.05, 0) is 37.8 Å². The Labute approximate surface area is 116 Å². The first-order valence-corrected chi connectivity index (χ1v) is 7.00. The topological polar surface area (TPSA) is 26.3 Å². The van der Waals surface area contributed by atoms with Gasteiger partial charge in [0.1, 0.15) is 5.75 Å². The van der Waals surface area contributed by atoms with Crippen LogP contribution >= 0.6 is 0 Å². The molecule has 0 N–H and O–H groups in total. The van der Waals surface area contributed by atoms with Gasteiger partial charge in [0.2, 0.25) is 0 Å². The lowest BCUT2D eigenvalue weighted by molar-refractivity contribution is -0.870. The first kappa shape index (κ1) is 15.7. The summed E-state index contributed by atoms with van der Waals surface area (Å²) in [5.41, 5.74) is 0.632. The van der Waals surface area contributed by atoms with E-state index in [1.807, 2.05) is 18.2 Å². The van der Waals surface area contributed by atoms with Crippen molar-refractivity contribution in [1.82, 2.24) is 0 Å². The molecule has 1 aromatic carbocycles. The van der Waals surface area contributed by atoms with Crippen molar-refractivity contribution in [2.45, 2.75) is 25.7 Å². The highest BCUT2D eigenvalue weighted by atomic mass is 16.5. The molecule has 0 saturated heterocycles. The highest BCUT2D eigenvalue weighted by molar-refractivity contribution is 5.79. The second-order valence-electron chi connectivity index (χ2n) is 5.93. The number of ether oxygens (including phenoxy) is 1. The molecule has 0 bridgehead atoms. The van der Waals surface area contributed by atoms with E-state index >= 15 is 0 Å². The summed E-state index contributed by atoms with van der Waals surface area (Å²) in [6.07, 6.45) is 5.58. The Bertz CT molecular complexity index is 383. The van der Waals surface area contributed by atoms with Gasteiger partial charge in [-0.3, -0.25) is 4.79 Å². The van der Waals surface area contributed by atoms with Gasteiger partial charge in [0.05, 0.1) is 39.9 Å². The van der Waals surface area contributed by atoms with Crippen molar-refractivity contribution in [1.29, 1.82) is 0 Å². The Morgan fingerprint density at radius 1 is 1.05 bits per heavy atom. The van der Waals surface area contributed by atoms with Crippen LogP contribution in [0.15, 0.2) is 24.3 Å². The molecule has 0 radical (unpaired) electrons. The molecule has 0 amide bonds. The Morgan fingerprint density at radius 3 is 2.42 bits per heavy atom. The quantitative estimate of drug-likeness (QED) is 0.389. The molecule has 0 saturated carbocycles. The molecule has 3 nitrogen and oxygen atoms in total. The lowest BCUT2D eigenvalue weighted by atomic mass is 10.2. The molecule has 19 heavy (non-hydrogen) atoms. The van der Waals surface area contributed by atoms with Crippen LogP contribution in [0, 0.1) is 0 Å². The van der Waals surface area contributed by atoms with Gasteiger partial charge in [0.25, 0.3) is 0 Å². The zero-order valence-electron chi connectivity index (χ0n) is 12.4. The minimum absolute atomic E-state index is 0.632. The minimum Gasteiger partial charge on any atom is -0.493 e. The van der Waals surface area contributed by atoms with Crippen LogP contribution in [0.25, 0.3) is 0 Å². The zero-order chi connectivity index (χ0) is 14.1. The highest BCUT2D eigenvalue weighted by Crippen LogP contribution is 2.16. The number of carbonyl (C=O) groups is 1. The summed E-state index contributed by atoms with van der Waals surface area (Å²) < 4.78 is 6.67. The lowest BCUT2D eigenvalue weighted by Crippen LogP contribution is -2.35. The van der Waals surface area contributed by atoms with Gasteiger partial charge in [-0.25, -0.2) is 0 Å². The number of nitrogens with zero attached hydrogens (tertiary/aromatic N) is 1. The molecule has 0 aliphatic carbocycles. The summed E-state index contributed by atoms with van der Waals surface area (Å²) >= 11 is 0. The summed E-state index contributed by atoms with van der Waals surface area (Å²) in [7, 11) is 6.67. The molecular weight excluding hydrogens is 238 g/mol. The third-order valence-corrected chi connectivity index (χ3v) is 3.03. The van der Waals surface area contributed by atoms with E-state index in [4.69, 9.17) is 4.74 Å². The normalized spacial score (nSPS) is 11.3. The molecule has 0 aliphatic heterocycles. The van der Waals surface area contributed by atoms with Crippen LogP contribution in [0.3, 0.4) is 0 Å². The minimum atomic E-state index is 0.632. The predicted octanol–water partition coefficient (Wildman–Crippen LogP) is 3.14. The number of para-hydroxylation sites is 1. The van der Waals surface area contributed by atoms with Gasteiger partial charge in [0, 0.05) is 0 Å². The first-order chi connectivity index (χ1) is 9.03. The van der Waals surface area contributed by atoms with Crippen molar-refractivity contribution in [2.75, 3.05) is 34.3 Å². The molecule has 0 fully saturated rings. The molecule has 106 valence electrons. The fraction of sp³-hybridized carbons (Fsp3) is 0.562. The summed E-state index contributed by atoms with van der Waals surface area (Å²) in [6.45, 7) is 1.91. The fourth-order valence-corrected chi connectivity index (χ4v) is 1.93. The lowest BCUT2D eigenvalue weighted by Gasteiger charge is -2.23. The first-order valence-electron chi connectivity index (χ1n) is 7.00. The number of quaternary nitrogens is 1. The Kier molecular flexibility index (Phi) is 6.57. The maximum Gasteiger partial charge on any atom is 0.153 e. The SMILES string of the molecule is C[N+](C)(C)CCCCCCOc1ccccc1C=O. The van der Waals surface area contributed by atoms with E-state index in [2.05, 4.69) is 21.1 Å². The van der Waals surface area contributed by atoms with Gasteiger partial charge in [-0.2, -0.15) is 0 Å². The van der Waals surface area contributed by atoms with Crippen LogP contribution in [0.1, 0.15) is 36.0 Å². The van der Waals surface area contributed by atoms with E-state index in [0.717, 1.165) is 17.2 Å². The van der Waals surface area contributed by atoms with Crippen molar-refractivity contribution in [3.05, 3.63) is 29.8 Å². The third-order valence-electron chi connectivity index (χ3n) is 3.03. The summed E-state index contributed by atoms with van der Waals surface area (Å²) in [5, 5.41) is 0. The number of unbranched alkanes of at least 4 members (excludes halogenated alkanes) is 3. The van der Waals surface area contributed by atoms with Crippen molar-refractivity contribution < 1.29 is 14.0 Å². The second kappa shape index (κ2) is 7.95. The Morgan fingerprint density at radius 2 is 1.74 bits per heavy atom. The Balaban J connectivity index is 2.12. The van der Waals surface area contributed by atoms with Gasteiger partial charge < -0.3 is 9.22 Å². The van der Waals surface area contributed by atoms with Crippen LogP contribution in [0.4, 0.5) is 0 Å². The summed E-state index contributed by atoms with van der Waals surface area (Å²) in [5.74, 6) is 0.698. The number of carbonyl (C=O) groups excluding carboxylic acids is 1. The third kappa shape index (κ3) is 6.97. The van der Waals surface area contributed by atoms with E-state index in [9.17, 15) is 4.79 Å². The van der Waals surface area contributed by atoms with E-state index < -0.39 is 0 Å². The number of hydrogen-bond donors (Lipinski definition) is 0. The molecule has 1 rings (SSSR count).